The number of piperidine rings is 1. The highest BCUT2D eigenvalue weighted by Crippen LogP contribution is 2.31. The Bertz CT molecular complexity index is 1140. The van der Waals surface area contributed by atoms with Gasteiger partial charge in [0.2, 0.25) is 5.91 Å². The summed E-state index contributed by atoms with van der Waals surface area (Å²) in [4.78, 5) is 22.9. The molecule has 3 aliphatic heterocycles. The summed E-state index contributed by atoms with van der Waals surface area (Å²) < 4.78 is 5.98. The van der Waals surface area contributed by atoms with Crippen molar-refractivity contribution in [2.45, 2.75) is 44.2 Å². The van der Waals surface area contributed by atoms with Crippen LogP contribution in [0.15, 0.2) is 28.9 Å². The molecule has 6 rings (SSSR count). The van der Waals surface area contributed by atoms with Crippen molar-refractivity contribution in [2.75, 3.05) is 44.2 Å². The number of thiazole rings is 1. The van der Waals surface area contributed by atoms with E-state index in [0.29, 0.717) is 6.04 Å². The van der Waals surface area contributed by atoms with Gasteiger partial charge in [0.1, 0.15) is 22.9 Å². The van der Waals surface area contributed by atoms with Gasteiger partial charge in [-0.1, -0.05) is 17.3 Å². The van der Waals surface area contributed by atoms with Crippen LogP contribution in [0.1, 0.15) is 29.5 Å². The Balaban J connectivity index is 1.20. The number of aromatic nitrogens is 3. The molecule has 0 spiro atoms. The van der Waals surface area contributed by atoms with Crippen LogP contribution in [0, 0.1) is 6.92 Å². The Morgan fingerprint density at radius 1 is 1.17 bits per heavy atom. The second-order valence-corrected chi connectivity index (χ2v) is 10.5. The Kier molecular flexibility index (Phi) is 6.37. The number of nitrogens with one attached hydrogen (secondary N) is 4. The van der Waals surface area contributed by atoms with Crippen LogP contribution in [0.4, 0.5) is 5.82 Å². The molecule has 0 aliphatic carbocycles. The van der Waals surface area contributed by atoms with E-state index in [1.807, 2.05) is 25.1 Å². The average Bonchev–Trinajstić information content (AvgIpc) is 3.50. The minimum atomic E-state index is -0.393. The molecule has 35 heavy (non-hydrogen) atoms. The lowest BCUT2D eigenvalue weighted by atomic mass is 10.00. The maximum atomic E-state index is 13.6. The zero-order valence-electron chi connectivity index (χ0n) is 19.7. The summed E-state index contributed by atoms with van der Waals surface area (Å²) in [5.41, 5.74) is 1.74. The Morgan fingerprint density at radius 2 is 2.03 bits per heavy atom. The maximum Gasteiger partial charge on any atom is 0.235 e. The molecule has 3 aliphatic rings. The van der Waals surface area contributed by atoms with Crippen molar-refractivity contribution in [3.8, 4) is 0 Å². The summed E-state index contributed by atoms with van der Waals surface area (Å²) in [5.74, 6) is 0.411. The number of benzene rings is 1. The van der Waals surface area contributed by atoms with Gasteiger partial charge in [-0.05, 0) is 43.6 Å². The van der Waals surface area contributed by atoms with Crippen molar-refractivity contribution in [3.05, 3.63) is 35.0 Å². The molecule has 2 aromatic heterocycles. The Hall–Kier alpha value is -2.64. The van der Waals surface area contributed by atoms with Crippen molar-refractivity contribution >= 4 is 33.3 Å². The number of hydrogen-bond acceptors (Lipinski definition) is 11. The first kappa shape index (κ1) is 22.8. The van der Waals surface area contributed by atoms with Crippen LogP contribution in [0.2, 0.25) is 0 Å². The van der Waals surface area contributed by atoms with E-state index >= 15 is 0 Å². The lowest BCUT2D eigenvalue weighted by Crippen LogP contribution is -2.72. The van der Waals surface area contributed by atoms with Gasteiger partial charge < -0.3 is 15.5 Å². The van der Waals surface area contributed by atoms with E-state index in [9.17, 15) is 4.79 Å². The molecule has 5 heterocycles. The number of fused-ring (bicyclic) bond motifs is 1. The highest BCUT2D eigenvalue weighted by molar-refractivity contribution is 7.18. The van der Waals surface area contributed by atoms with Gasteiger partial charge in [-0.2, -0.15) is 0 Å². The third-order valence-electron chi connectivity index (χ3n) is 7.13. The van der Waals surface area contributed by atoms with Crippen molar-refractivity contribution in [1.29, 1.82) is 0 Å². The van der Waals surface area contributed by atoms with Crippen molar-refractivity contribution in [1.82, 2.24) is 41.5 Å². The molecule has 12 heteroatoms. The zero-order chi connectivity index (χ0) is 23.8. The van der Waals surface area contributed by atoms with Crippen LogP contribution < -0.4 is 26.2 Å². The number of carbonyl (C=O) groups is 1. The molecule has 4 atom stereocenters. The number of para-hydroxylation sites is 1. The molecule has 3 fully saturated rings. The molecular weight excluding hydrogens is 466 g/mol. The maximum absolute atomic E-state index is 13.6. The lowest BCUT2D eigenvalue weighted by Gasteiger charge is -2.45. The highest BCUT2D eigenvalue weighted by Gasteiger charge is 2.42. The van der Waals surface area contributed by atoms with Gasteiger partial charge in [-0.15, -0.1) is 11.3 Å². The zero-order valence-corrected chi connectivity index (χ0v) is 20.6. The number of rotatable bonds is 5. The predicted molar refractivity (Wildman–Crippen MR) is 133 cm³/mol. The van der Waals surface area contributed by atoms with E-state index < -0.39 is 5.92 Å². The van der Waals surface area contributed by atoms with Crippen LogP contribution in [0.3, 0.4) is 0 Å². The van der Waals surface area contributed by atoms with Crippen LogP contribution >= 0.6 is 11.3 Å². The summed E-state index contributed by atoms with van der Waals surface area (Å²) in [7, 11) is 0. The first-order valence-electron chi connectivity index (χ1n) is 12.3. The van der Waals surface area contributed by atoms with Gasteiger partial charge >= 0.3 is 0 Å². The largest absolute Gasteiger partial charge is 0.350 e. The van der Waals surface area contributed by atoms with Gasteiger partial charge in [0, 0.05) is 38.8 Å². The summed E-state index contributed by atoms with van der Waals surface area (Å²) in [6, 6.07) is 8.38. The highest BCUT2D eigenvalue weighted by atomic mass is 32.1. The normalized spacial score (nSPS) is 28.4. The first-order chi connectivity index (χ1) is 17.2. The first-order valence-corrected chi connectivity index (χ1v) is 13.1. The number of aryl methyl sites for hydroxylation is 1. The van der Waals surface area contributed by atoms with Crippen LogP contribution in [-0.4, -0.2) is 83.9 Å². The topological polar surface area (TPSA) is 123 Å². The molecule has 3 unspecified atom stereocenters. The SMILES string of the molecule is Cc1nonc1N1CCN(C2NC(=O)C(c3nc4ccccc4s3)C(N[C@@H]3CCCNC3)N2)CC1. The summed E-state index contributed by atoms with van der Waals surface area (Å²) in [5, 5.41) is 22.9. The van der Waals surface area contributed by atoms with Gasteiger partial charge in [0.15, 0.2) is 5.82 Å². The van der Waals surface area contributed by atoms with Crippen molar-refractivity contribution in [3.63, 3.8) is 0 Å². The molecule has 1 amide bonds. The molecule has 3 aromatic rings. The minimum absolute atomic E-state index is 0.00745. The van der Waals surface area contributed by atoms with E-state index in [-0.39, 0.29) is 18.4 Å². The van der Waals surface area contributed by atoms with Crippen molar-refractivity contribution in [2.24, 2.45) is 0 Å². The number of hydrogen-bond donors (Lipinski definition) is 4. The van der Waals surface area contributed by atoms with Crippen LogP contribution in [0.25, 0.3) is 10.2 Å². The summed E-state index contributed by atoms with van der Waals surface area (Å²) in [6.07, 6.45) is 1.76. The number of piperazine rings is 1. The van der Waals surface area contributed by atoms with Crippen LogP contribution in [0.5, 0.6) is 0 Å². The van der Waals surface area contributed by atoms with Gasteiger partial charge in [0.25, 0.3) is 0 Å². The second kappa shape index (κ2) is 9.78. The molecule has 0 saturated carbocycles. The second-order valence-electron chi connectivity index (χ2n) is 9.46. The number of anilines is 1. The molecule has 186 valence electrons. The van der Waals surface area contributed by atoms with E-state index in [2.05, 4.69) is 47.4 Å². The van der Waals surface area contributed by atoms with E-state index in [1.54, 1.807) is 11.3 Å². The summed E-state index contributed by atoms with van der Waals surface area (Å²) >= 11 is 1.60. The van der Waals surface area contributed by atoms with Gasteiger partial charge in [-0.3, -0.25) is 20.3 Å². The predicted octanol–water partition coefficient (Wildman–Crippen LogP) is 0.564. The van der Waals surface area contributed by atoms with E-state index in [4.69, 9.17) is 9.61 Å². The number of nitrogens with zero attached hydrogens (tertiary/aromatic N) is 5. The lowest BCUT2D eigenvalue weighted by molar-refractivity contribution is -0.129. The summed E-state index contributed by atoms with van der Waals surface area (Å²) in [6.45, 7) is 7.00. The third-order valence-corrected chi connectivity index (χ3v) is 8.25. The number of carbonyl (C=O) groups excluding carboxylic acids is 1. The quantitative estimate of drug-likeness (QED) is 0.398. The van der Waals surface area contributed by atoms with E-state index in [0.717, 1.165) is 78.8 Å². The molecule has 0 radical (unpaired) electrons. The third kappa shape index (κ3) is 4.64. The Morgan fingerprint density at radius 3 is 2.77 bits per heavy atom. The fraction of sp³-hybridized carbons (Fsp3) is 0.565. The Labute approximate surface area is 207 Å². The number of amides is 1. The van der Waals surface area contributed by atoms with Crippen molar-refractivity contribution < 1.29 is 9.42 Å². The van der Waals surface area contributed by atoms with Gasteiger partial charge in [-0.25, -0.2) is 9.61 Å². The molecule has 1 aromatic carbocycles. The molecule has 0 bridgehead atoms. The fourth-order valence-electron chi connectivity index (χ4n) is 5.26. The molecule has 4 N–H and O–H groups in total. The smallest absolute Gasteiger partial charge is 0.235 e. The van der Waals surface area contributed by atoms with Gasteiger partial charge in [0.05, 0.1) is 16.4 Å². The standard InChI is InChI=1S/C23H31N9O2S/c1-14-20(30-34-29-14)31-9-11-32(12-10-31)23-27-19(25-15-5-4-8-24-13-15)18(21(33)28-23)22-26-16-6-2-3-7-17(16)35-22/h2-3,6-7,15,18-19,23-25,27H,4-5,8-13H2,1H3,(H,28,33)/t15-,18?,19?,23?/m1/s1. The molecule has 11 nitrogen and oxygen atoms in total. The van der Waals surface area contributed by atoms with E-state index in [1.165, 1.54) is 0 Å². The fourth-order valence-corrected chi connectivity index (χ4v) is 6.36. The average molecular weight is 498 g/mol. The monoisotopic (exact) mass is 497 g/mol. The molecule has 3 saturated heterocycles. The minimum Gasteiger partial charge on any atom is -0.350 e. The van der Waals surface area contributed by atoms with Crippen LogP contribution in [-0.2, 0) is 4.79 Å². The molecular formula is C23H31N9O2S.